The summed E-state index contributed by atoms with van der Waals surface area (Å²) in [7, 11) is 0. The van der Waals surface area contributed by atoms with Crippen LogP contribution in [0.2, 0.25) is 0 Å². The quantitative estimate of drug-likeness (QED) is 0.536. The third kappa shape index (κ3) is 2.16. The fourth-order valence-electron chi connectivity index (χ4n) is 2.21. The largest absolute Gasteiger partial charge is 0.377 e. The summed E-state index contributed by atoms with van der Waals surface area (Å²) in [5.41, 5.74) is 1.78. The number of carbonyl (C=O) groups is 2. The molecule has 16 heavy (non-hydrogen) atoms. The van der Waals surface area contributed by atoms with Crippen molar-refractivity contribution in [1.29, 1.82) is 0 Å². The lowest BCUT2D eigenvalue weighted by atomic mass is 9.91. The maximum atomic E-state index is 11.5. The van der Waals surface area contributed by atoms with Crippen LogP contribution in [0, 0.1) is 5.92 Å². The molecule has 1 unspecified atom stereocenters. The van der Waals surface area contributed by atoms with E-state index < -0.39 is 0 Å². The number of nitrogens with one attached hydrogen (secondary N) is 1. The van der Waals surface area contributed by atoms with Crippen molar-refractivity contribution >= 4 is 11.8 Å². The van der Waals surface area contributed by atoms with Gasteiger partial charge < -0.3 is 4.74 Å². The number of rotatable bonds is 1. The molecule has 4 nitrogen and oxygen atoms in total. The Morgan fingerprint density at radius 3 is 2.69 bits per heavy atom. The van der Waals surface area contributed by atoms with Crippen molar-refractivity contribution < 1.29 is 14.3 Å². The predicted molar refractivity (Wildman–Crippen MR) is 58.6 cm³/mol. The van der Waals surface area contributed by atoms with Crippen LogP contribution < -0.4 is 5.32 Å². The zero-order valence-corrected chi connectivity index (χ0v) is 9.71. The molecular formula is C12H17NO3. The summed E-state index contributed by atoms with van der Waals surface area (Å²) in [5.74, 6) is 0.0561. The van der Waals surface area contributed by atoms with E-state index in [1.807, 2.05) is 0 Å². The first-order valence-corrected chi connectivity index (χ1v) is 5.74. The minimum atomic E-state index is -0.204. The molecule has 1 atom stereocenters. The average Bonchev–Trinajstić information content (AvgIpc) is 2.58. The molecule has 0 aromatic carbocycles. The zero-order chi connectivity index (χ0) is 11.7. The van der Waals surface area contributed by atoms with Crippen LogP contribution in [0.1, 0.15) is 33.1 Å². The van der Waals surface area contributed by atoms with E-state index >= 15 is 0 Å². The second kappa shape index (κ2) is 4.37. The molecule has 2 heterocycles. The molecule has 0 aromatic rings. The molecule has 4 heteroatoms. The topological polar surface area (TPSA) is 55.4 Å². The molecule has 0 spiro atoms. The number of imide groups is 1. The van der Waals surface area contributed by atoms with Crippen LogP contribution in [0.3, 0.4) is 0 Å². The Morgan fingerprint density at radius 2 is 2.12 bits per heavy atom. The number of hydrogen-bond acceptors (Lipinski definition) is 3. The molecule has 88 valence electrons. The van der Waals surface area contributed by atoms with Gasteiger partial charge in [0.05, 0.1) is 19.1 Å². The van der Waals surface area contributed by atoms with Gasteiger partial charge in [-0.3, -0.25) is 14.9 Å². The van der Waals surface area contributed by atoms with Crippen molar-refractivity contribution in [3.63, 3.8) is 0 Å². The van der Waals surface area contributed by atoms with Crippen LogP contribution in [0.5, 0.6) is 0 Å². The van der Waals surface area contributed by atoms with Gasteiger partial charge in [0, 0.05) is 5.57 Å². The Kier molecular flexibility index (Phi) is 3.10. The summed E-state index contributed by atoms with van der Waals surface area (Å²) < 4.78 is 5.64. The van der Waals surface area contributed by atoms with E-state index in [0.717, 1.165) is 18.4 Å². The van der Waals surface area contributed by atoms with Crippen LogP contribution in [-0.4, -0.2) is 24.5 Å². The zero-order valence-electron chi connectivity index (χ0n) is 9.71. The highest BCUT2D eigenvalue weighted by molar-refractivity contribution is 6.13. The Hall–Kier alpha value is -1.16. The molecule has 2 saturated heterocycles. The fraction of sp³-hybridized carbons (Fsp3) is 0.667. The number of hydrogen-bond donors (Lipinski definition) is 1. The summed E-state index contributed by atoms with van der Waals surface area (Å²) >= 11 is 0. The minimum absolute atomic E-state index is 0.180. The van der Waals surface area contributed by atoms with Gasteiger partial charge in [-0.05, 0) is 18.8 Å². The summed E-state index contributed by atoms with van der Waals surface area (Å²) in [6, 6.07) is 0. The van der Waals surface area contributed by atoms with Crippen molar-refractivity contribution in [2.24, 2.45) is 5.92 Å². The first kappa shape index (κ1) is 11.3. The highest BCUT2D eigenvalue weighted by Crippen LogP contribution is 2.29. The van der Waals surface area contributed by atoms with E-state index in [9.17, 15) is 9.59 Å². The van der Waals surface area contributed by atoms with Gasteiger partial charge in [-0.2, -0.15) is 0 Å². The van der Waals surface area contributed by atoms with Gasteiger partial charge >= 0.3 is 0 Å². The Bertz CT molecular complexity index is 357. The Morgan fingerprint density at radius 1 is 1.38 bits per heavy atom. The van der Waals surface area contributed by atoms with Gasteiger partial charge in [0.2, 0.25) is 5.91 Å². The third-order valence-corrected chi connectivity index (χ3v) is 3.22. The van der Waals surface area contributed by atoms with Crippen LogP contribution >= 0.6 is 0 Å². The second-order valence-corrected chi connectivity index (χ2v) is 4.74. The molecule has 0 bridgehead atoms. The molecule has 1 N–H and O–H groups in total. The van der Waals surface area contributed by atoms with Crippen molar-refractivity contribution in [3.05, 3.63) is 11.1 Å². The average molecular weight is 223 g/mol. The highest BCUT2D eigenvalue weighted by atomic mass is 16.5. The summed E-state index contributed by atoms with van der Waals surface area (Å²) in [6.07, 6.45) is 1.99. The molecule has 2 amide bonds. The summed E-state index contributed by atoms with van der Waals surface area (Å²) in [6.45, 7) is 4.87. The Balaban J connectivity index is 2.17. The van der Waals surface area contributed by atoms with E-state index in [1.54, 1.807) is 0 Å². The van der Waals surface area contributed by atoms with Crippen LogP contribution in [0.15, 0.2) is 11.1 Å². The first-order valence-electron chi connectivity index (χ1n) is 5.74. The van der Waals surface area contributed by atoms with E-state index in [-0.39, 0.29) is 24.3 Å². The van der Waals surface area contributed by atoms with Gasteiger partial charge in [-0.1, -0.05) is 19.4 Å². The molecule has 0 aliphatic carbocycles. The van der Waals surface area contributed by atoms with Crippen LogP contribution in [-0.2, 0) is 14.3 Å². The van der Waals surface area contributed by atoms with Gasteiger partial charge in [0.15, 0.2) is 0 Å². The van der Waals surface area contributed by atoms with E-state index in [0.29, 0.717) is 18.1 Å². The van der Waals surface area contributed by atoms with Gasteiger partial charge in [-0.25, -0.2) is 0 Å². The third-order valence-electron chi connectivity index (χ3n) is 3.22. The predicted octanol–water partition coefficient (Wildman–Crippen LogP) is 1.16. The van der Waals surface area contributed by atoms with Crippen LogP contribution in [0.25, 0.3) is 0 Å². The minimum Gasteiger partial charge on any atom is -0.377 e. The Labute approximate surface area is 95.0 Å². The van der Waals surface area contributed by atoms with E-state index in [4.69, 9.17) is 4.74 Å². The molecule has 0 aromatic heterocycles. The molecule has 2 fully saturated rings. The smallest absolute Gasteiger partial charge is 0.254 e. The lowest BCUT2D eigenvalue weighted by Crippen LogP contribution is -2.27. The molecule has 2 rings (SSSR count). The number of amides is 2. The lowest BCUT2D eigenvalue weighted by molar-refractivity contribution is -0.124. The monoisotopic (exact) mass is 223 g/mol. The van der Waals surface area contributed by atoms with Gasteiger partial charge in [0.25, 0.3) is 5.91 Å². The second-order valence-electron chi connectivity index (χ2n) is 4.74. The molecule has 0 saturated carbocycles. The molecular weight excluding hydrogens is 206 g/mol. The van der Waals surface area contributed by atoms with Gasteiger partial charge in [0.1, 0.15) is 0 Å². The molecule has 0 radical (unpaired) electrons. The number of carbonyl (C=O) groups excluding carboxylic acids is 2. The summed E-state index contributed by atoms with van der Waals surface area (Å²) in [4.78, 5) is 22.7. The van der Waals surface area contributed by atoms with Crippen LogP contribution in [0.4, 0.5) is 0 Å². The molecule has 2 aliphatic heterocycles. The maximum Gasteiger partial charge on any atom is 0.254 e. The first-order chi connectivity index (χ1) is 7.58. The lowest BCUT2D eigenvalue weighted by Gasteiger charge is -2.28. The van der Waals surface area contributed by atoms with Crippen molar-refractivity contribution in [2.75, 3.05) is 6.61 Å². The van der Waals surface area contributed by atoms with Gasteiger partial charge in [-0.15, -0.1) is 0 Å². The highest BCUT2D eigenvalue weighted by Gasteiger charge is 2.30. The standard InChI is InChI=1S/C12H17NO3/c1-7(2)10-5-8(3-4-16-10)9-6-11(14)13-12(9)15/h7,10H,3-6H2,1-2H3,(H,13,14,15). The van der Waals surface area contributed by atoms with E-state index in [2.05, 4.69) is 19.2 Å². The maximum absolute atomic E-state index is 11.5. The van der Waals surface area contributed by atoms with E-state index in [1.165, 1.54) is 0 Å². The fourth-order valence-corrected chi connectivity index (χ4v) is 2.21. The van der Waals surface area contributed by atoms with Crippen molar-refractivity contribution in [2.45, 2.75) is 39.2 Å². The number of ether oxygens (including phenoxy) is 1. The SMILES string of the molecule is CC(C)C1CC(=C2CC(=O)NC2=O)CCO1. The molecule has 2 aliphatic rings. The normalized spacial score (nSPS) is 31.1. The summed E-state index contributed by atoms with van der Waals surface area (Å²) in [5, 5.41) is 2.33. The van der Waals surface area contributed by atoms with Crippen molar-refractivity contribution in [3.8, 4) is 0 Å². The van der Waals surface area contributed by atoms with Crippen molar-refractivity contribution in [1.82, 2.24) is 5.32 Å².